The second kappa shape index (κ2) is 5.13. The Morgan fingerprint density at radius 2 is 2.00 bits per heavy atom. The molecule has 4 heteroatoms. The lowest BCUT2D eigenvalue weighted by Crippen LogP contribution is -1.96. The Labute approximate surface area is 124 Å². The highest BCUT2D eigenvalue weighted by atomic mass is 16.5. The molecular formula is C17H19N3O. The van der Waals surface area contributed by atoms with E-state index in [4.69, 9.17) is 15.5 Å². The number of ether oxygens (including phenoxy) is 1. The van der Waals surface area contributed by atoms with Crippen LogP contribution in [0, 0.1) is 0 Å². The summed E-state index contributed by atoms with van der Waals surface area (Å²) in [6, 6.07) is 12.2. The van der Waals surface area contributed by atoms with E-state index in [1.807, 2.05) is 25.2 Å². The van der Waals surface area contributed by atoms with Crippen LogP contribution < -0.4 is 10.5 Å². The molecule has 4 nitrogen and oxygen atoms in total. The number of aryl methyl sites for hydroxylation is 2. The summed E-state index contributed by atoms with van der Waals surface area (Å²) in [6.45, 7) is 2.15. The maximum atomic E-state index is 5.88. The second-order valence-electron chi connectivity index (χ2n) is 5.13. The molecule has 0 spiro atoms. The smallest absolute Gasteiger partial charge is 0.142 e. The van der Waals surface area contributed by atoms with Gasteiger partial charge in [-0.05, 0) is 42.3 Å². The van der Waals surface area contributed by atoms with E-state index in [2.05, 4.69) is 29.7 Å². The molecular weight excluding hydrogens is 262 g/mol. The van der Waals surface area contributed by atoms with Crippen LogP contribution in [0.4, 0.5) is 5.69 Å². The van der Waals surface area contributed by atoms with Crippen LogP contribution in [0.25, 0.3) is 22.4 Å². The quantitative estimate of drug-likeness (QED) is 0.749. The normalized spacial score (nSPS) is 11.0. The first-order valence-electron chi connectivity index (χ1n) is 7.03. The number of hydrogen-bond donors (Lipinski definition) is 1. The van der Waals surface area contributed by atoms with Gasteiger partial charge in [-0.15, -0.1) is 0 Å². The molecule has 108 valence electrons. The first-order valence-corrected chi connectivity index (χ1v) is 7.03. The molecule has 2 N–H and O–H groups in total. The fourth-order valence-electron chi connectivity index (χ4n) is 2.57. The van der Waals surface area contributed by atoms with Crippen LogP contribution >= 0.6 is 0 Å². The first kappa shape index (κ1) is 13.5. The van der Waals surface area contributed by atoms with Crippen LogP contribution in [0.5, 0.6) is 5.75 Å². The summed E-state index contributed by atoms with van der Waals surface area (Å²) in [5.41, 5.74) is 10.9. The van der Waals surface area contributed by atoms with Gasteiger partial charge in [0.1, 0.15) is 11.6 Å². The van der Waals surface area contributed by atoms with Crippen LogP contribution in [-0.2, 0) is 13.5 Å². The number of benzene rings is 2. The zero-order chi connectivity index (χ0) is 15.0. The molecule has 0 aliphatic carbocycles. The summed E-state index contributed by atoms with van der Waals surface area (Å²) in [7, 11) is 3.65. The molecule has 0 saturated heterocycles. The Kier molecular flexibility index (Phi) is 3.29. The Morgan fingerprint density at radius 1 is 1.19 bits per heavy atom. The third-order valence-electron chi connectivity index (χ3n) is 3.85. The van der Waals surface area contributed by atoms with Gasteiger partial charge in [-0.1, -0.05) is 13.0 Å². The lowest BCUT2D eigenvalue weighted by molar-refractivity contribution is 0.417. The van der Waals surface area contributed by atoms with Crippen molar-refractivity contribution in [3.8, 4) is 17.1 Å². The zero-order valence-corrected chi connectivity index (χ0v) is 12.6. The molecule has 21 heavy (non-hydrogen) atoms. The summed E-state index contributed by atoms with van der Waals surface area (Å²) in [5.74, 6) is 1.59. The van der Waals surface area contributed by atoms with Crippen LogP contribution in [0.2, 0.25) is 0 Å². The van der Waals surface area contributed by atoms with E-state index in [1.165, 1.54) is 5.56 Å². The number of nitrogen functional groups attached to an aromatic ring is 1. The molecule has 0 radical (unpaired) electrons. The minimum Gasteiger partial charge on any atom is -0.495 e. The SMILES string of the molecule is CCc1ccc2c(c1)nc(-c1ccc(N)c(OC)c1)n2C. The third kappa shape index (κ3) is 2.23. The van der Waals surface area contributed by atoms with E-state index < -0.39 is 0 Å². The molecule has 3 rings (SSSR count). The van der Waals surface area contributed by atoms with Gasteiger partial charge in [0, 0.05) is 12.6 Å². The standard InChI is InChI=1S/C17H19N3O/c1-4-11-5-8-15-14(9-11)19-17(20(15)2)12-6-7-13(18)16(10-12)21-3/h5-10H,4,18H2,1-3H3. The highest BCUT2D eigenvalue weighted by Gasteiger charge is 2.12. The molecule has 0 fully saturated rings. The number of imidazole rings is 1. The number of rotatable bonds is 3. The van der Waals surface area contributed by atoms with Crippen LogP contribution in [0.3, 0.4) is 0 Å². The predicted molar refractivity (Wildman–Crippen MR) is 86.5 cm³/mol. The molecule has 1 aromatic heterocycles. The van der Waals surface area contributed by atoms with Crippen LogP contribution in [0.15, 0.2) is 36.4 Å². The molecule has 1 heterocycles. The monoisotopic (exact) mass is 281 g/mol. The number of nitrogens with two attached hydrogens (primary N) is 1. The highest BCUT2D eigenvalue weighted by molar-refractivity contribution is 5.82. The number of anilines is 1. The topological polar surface area (TPSA) is 53.1 Å². The van der Waals surface area contributed by atoms with Crippen molar-refractivity contribution in [1.29, 1.82) is 0 Å². The molecule has 0 saturated carbocycles. The van der Waals surface area contributed by atoms with Gasteiger partial charge in [-0.2, -0.15) is 0 Å². The number of methoxy groups -OCH3 is 1. The number of aromatic nitrogens is 2. The highest BCUT2D eigenvalue weighted by Crippen LogP contribution is 2.30. The Bertz CT molecular complexity index is 805. The number of nitrogens with zero attached hydrogens (tertiary/aromatic N) is 2. The summed E-state index contributed by atoms with van der Waals surface area (Å²) >= 11 is 0. The van der Waals surface area contributed by atoms with Crippen LogP contribution in [-0.4, -0.2) is 16.7 Å². The lowest BCUT2D eigenvalue weighted by atomic mass is 10.1. The average Bonchev–Trinajstić information content (AvgIpc) is 2.84. The minimum absolute atomic E-state index is 0.633. The van der Waals surface area contributed by atoms with Gasteiger partial charge in [-0.25, -0.2) is 4.98 Å². The maximum Gasteiger partial charge on any atom is 0.142 e. The van der Waals surface area contributed by atoms with Crippen molar-refractivity contribution in [2.45, 2.75) is 13.3 Å². The minimum atomic E-state index is 0.633. The van der Waals surface area contributed by atoms with Crippen molar-refractivity contribution in [3.05, 3.63) is 42.0 Å². The van der Waals surface area contributed by atoms with E-state index in [0.29, 0.717) is 11.4 Å². The average molecular weight is 281 g/mol. The van der Waals surface area contributed by atoms with E-state index in [-0.39, 0.29) is 0 Å². The Hall–Kier alpha value is -2.49. The van der Waals surface area contributed by atoms with Crippen molar-refractivity contribution in [1.82, 2.24) is 9.55 Å². The zero-order valence-electron chi connectivity index (χ0n) is 12.6. The van der Waals surface area contributed by atoms with E-state index >= 15 is 0 Å². The Balaban J connectivity index is 2.18. The molecule has 0 atom stereocenters. The maximum absolute atomic E-state index is 5.88. The first-order chi connectivity index (χ1) is 10.1. The van der Waals surface area contributed by atoms with E-state index in [0.717, 1.165) is 28.8 Å². The fourth-order valence-corrected chi connectivity index (χ4v) is 2.57. The summed E-state index contributed by atoms with van der Waals surface area (Å²) in [6.07, 6.45) is 1.01. The molecule has 0 amide bonds. The van der Waals surface area contributed by atoms with Gasteiger partial charge in [0.05, 0.1) is 23.8 Å². The largest absolute Gasteiger partial charge is 0.495 e. The van der Waals surface area contributed by atoms with Crippen molar-refractivity contribution < 1.29 is 4.74 Å². The van der Waals surface area contributed by atoms with Crippen molar-refractivity contribution >= 4 is 16.7 Å². The molecule has 2 aromatic carbocycles. The Morgan fingerprint density at radius 3 is 2.71 bits per heavy atom. The predicted octanol–water partition coefficient (Wildman–Crippen LogP) is 3.39. The van der Waals surface area contributed by atoms with E-state index in [1.54, 1.807) is 7.11 Å². The van der Waals surface area contributed by atoms with E-state index in [9.17, 15) is 0 Å². The molecule has 0 unspecified atom stereocenters. The van der Waals surface area contributed by atoms with Gasteiger partial charge in [0.2, 0.25) is 0 Å². The van der Waals surface area contributed by atoms with Crippen LogP contribution in [0.1, 0.15) is 12.5 Å². The van der Waals surface area contributed by atoms with Gasteiger partial charge in [0.15, 0.2) is 0 Å². The summed E-state index contributed by atoms with van der Waals surface area (Å²) in [5, 5.41) is 0. The van der Waals surface area contributed by atoms with Crippen molar-refractivity contribution in [2.24, 2.45) is 7.05 Å². The van der Waals surface area contributed by atoms with Gasteiger partial charge in [0.25, 0.3) is 0 Å². The van der Waals surface area contributed by atoms with Crippen molar-refractivity contribution in [2.75, 3.05) is 12.8 Å². The summed E-state index contributed by atoms with van der Waals surface area (Å²) < 4.78 is 7.39. The molecule has 0 aliphatic rings. The fraction of sp³-hybridized carbons (Fsp3) is 0.235. The van der Waals surface area contributed by atoms with Gasteiger partial charge in [-0.3, -0.25) is 0 Å². The second-order valence-corrected chi connectivity index (χ2v) is 5.13. The number of hydrogen-bond acceptors (Lipinski definition) is 3. The third-order valence-corrected chi connectivity index (χ3v) is 3.85. The molecule has 0 aliphatic heterocycles. The summed E-state index contributed by atoms with van der Waals surface area (Å²) in [4.78, 5) is 4.76. The van der Waals surface area contributed by atoms with Crippen molar-refractivity contribution in [3.63, 3.8) is 0 Å². The lowest BCUT2D eigenvalue weighted by Gasteiger charge is -2.07. The van der Waals surface area contributed by atoms with Gasteiger partial charge >= 0.3 is 0 Å². The van der Waals surface area contributed by atoms with Gasteiger partial charge < -0.3 is 15.0 Å². The number of fused-ring (bicyclic) bond motifs is 1. The molecule has 3 aromatic rings. The molecule has 0 bridgehead atoms.